The summed E-state index contributed by atoms with van der Waals surface area (Å²) in [6, 6.07) is 4.35. The summed E-state index contributed by atoms with van der Waals surface area (Å²) in [5.74, 6) is -1.45. The van der Waals surface area contributed by atoms with Gasteiger partial charge in [0.15, 0.2) is 0 Å². The van der Waals surface area contributed by atoms with Crippen molar-refractivity contribution in [3.63, 3.8) is 0 Å². The zero-order valence-electron chi connectivity index (χ0n) is 7.41. The van der Waals surface area contributed by atoms with Gasteiger partial charge in [0.25, 0.3) is 0 Å². The van der Waals surface area contributed by atoms with Crippen LogP contribution in [0.25, 0.3) is 6.08 Å². The van der Waals surface area contributed by atoms with Crippen LogP contribution in [0.2, 0.25) is 0 Å². The van der Waals surface area contributed by atoms with Gasteiger partial charge in [-0.2, -0.15) is 13.2 Å². The first-order valence-electron chi connectivity index (χ1n) is 3.96. The molecule has 0 aromatic heterocycles. The van der Waals surface area contributed by atoms with Gasteiger partial charge >= 0.3 is 6.18 Å². The lowest BCUT2D eigenvalue weighted by Gasteiger charge is -2.06. The van der Waals surface area contributed by atoms with Crippen molar-refractivity contribution in [3.8, 4) is 0 Å². The predicted molar refractivity (Wildman–Crippen MR) is 45.5 cm³/mol. The quantitative estimate of drug-likeness (QED) is 0.701. The topological polar surface area (TPSA) is 40.1 Å². The second-order valence-corrected chi connectivity index (χ2v) is 2.78. The van der Waals surface area contributed by atoms with Gasteiger partial charge in [-0.1, -0.05) is 18.2 Å². The Hall–Kier alpha value is -1.78. The van der Waals surface area contributed by atoms with Crippen LogP contribution < -0.4 is 5.11 Å². The van der Waals surface area contributed by atoms with Crippen molar-refractivity contribution in [2.45, 2.75) is 6.18 Å². The lowest BCUT2D eigenvalue weighted by Crippen LogP contribution is -2.18. The number of carboxylic acids is 1. The summed E-state index contributed by atoms with van der Waals surface area (Å²) < 4.78 is 36.6. The number of carboxylic acid groups (broad SMARTS) is 1. The van der Waals surface area contributed by atoms with Crippen LogP contribution in [0.5, 0.6) is 0 Å². The molecule has 2 nitrogen and oxygen atoms in total. The molecule has 0 aliphatic rings. The number of carbonyl (C=O) groups excluding carboxylic acids is 1. The summed E-state index contributed by atoms with van der Waals surface area (Å²) in [5, 5.41) is 10.0. The van der Waals surface area contributed by atoms with E-state index in [0.29, 0.717) is 6.08 Å². The number of halogens is 3. The maximum Gasteiger partial charge on any atom is 0.416 e. The van der Waals surface area contributed by atoms with Gasteiger partial charge < -0.3 is 9.90 Å². The van der Waals surface area contributed by atoms with Crippen molar-refractivity contribution in [1.82, 2.24) is 0 Å². The monoisotopic (exact) mass is 215 g/mol. The molecule has 15 heavy (non-hydrogen) atoms. The second kappa shape index (κ2) is 4.16. The highest BCUT2D eigenvalue weighted by atomic mass is 19.4. The molecule has 0 aliphatic heterocycles. The first kappa shape index (κ1) is 11.3. The van der Waals surface area contributed by atoms with Crippen LogP contribution in [0, 0.1) is 0 Å². The number of rotatable bonds is 2. The molecular weight excluding hydrogens is 209 g/mol. The van der Waals surface area contributed by atoms with E-state index >= 15 is 0 Å². The Morgan fingerprint density at radius 1 is 1.33 bits per heavy atom. The molecule has 1 aromatic carbocycles. The molecule has 0 saturated heterocycles. The number of aliphatic carboxylic acids is 1. The largest absolute Gasteiger partial charge is 0.545 e. The molecular formula is C10H6F3O2-. The average molecular weight is 215 g/mol. The van der Waals surface area contributed by atoms with Gasteiger partial charge in [-0.15, -0.1) is 0 Å². The first-order valence-corrected chi connectivity index (χ1v) is 3.96. The summed E-state index contributed by atoms with van der Waals surface area (Å²) in [4.78, 5) is 10.0. The highest BCUT2D eigenvalue weighted by Gasteiger charge is 2.30. The van der Waals surface area contributed by atoms with Gasteiger partial charge in [0.05, 0.1) is 11.5 Å². The molecule has 0 spiro atoms. The number of alkyl halides is 3. The number of hydrogen-bond donors (Lipinski definition) is 0. The lowest BCUT2D eigenvalue weighted by atomic mass is 10.1. The van der Waals surface area contributed by atoms with E-state index in [9.17, 15) is 23.1 Å². The summed E-state index contributed by atoms with van der Waals surface area (Å²) in [5.41, 5.74) is -0.656. The summed E-state index contributed by atoms with van der Waals surface area (Å²) in [6.07, 6.45) is -2.70. The molecule has 0 radical (unpaired) electrons. The Balaban J connectivity index is 2.98. The van der Waals surface area contributed by atoms with Crippen molar-refractivity contribution in [2.24, 2.45) is 0 Å². The smallest absolute Gasteiger partial charge is 0.416 e. The fourth-order valence-electron chi connectivity index (χ4n) is 0.983. The highest BCUT2D eigenvalue weighted by Crippen LogP contribution is 2.29. The van der Waals surface area contributed by atoms with Gasteiger partial charge in [0.2, 0.25) is 0 Å². The third-order valence-corrected chi connectivity index (χ3v) is 1.63. The van der Waals surface area contributed by atoms with Crippen molar-refractivity contribution < 1.29 is 23.1 Å². The third kappa shape index (κ3) is 3.46. The minimum absolute atomic E-state index is 0.161. The average Bonchev–Trinajstić information content (AvgIpc) is 2.14. The van der Waals surface area contributed by atoms with Gasteiger partial charge in [-0.3, -0.25) is 0 Å². The molecule has 0 heterocycles. The molecule has 80 valence electrons. The van der Waals surface area contributed by atoms with Crippen LogP contribution in [0.1, 0.15) is 11.1 Å². The fraction of sp³-hybridized carbons (Fsp3) is 0.100. The molecule has 1 aromatic rings. The Morgan fingerprint density at radius 3 is 2.53 bits per heavy atom. The lowest BCUT2D eigenvalue weighted by molar-refractivity contribution is -0.297. The molecule has 1 rings (SSSR count). The maximum atomic E-state index is 12.2. The fourth-order valence-corrected chi connectivity index (χ4v) is 0.983. The maximum absolute atomic E-state index is 12.2. The molecule has 0 amide bonds. The molecule has 5 heteroatoms. The number of hydrogen-bond acceptors (Lipinski definition) is 2. The number of benzene rings is 1. The van der Waals surface area contributed by atoms with Gasteiger partial charge in [0, 0.05) is 0 Å². The summed E-state index contributed by atoms with van der Waals surface area (Å²) in [6.45, 7) is 0. The SMILES string of the molecule is O=C([O-])/C=C/c1cccc(C(F)(F)F)c1. The molecule has 0 N–H and O–H groups in total. The van der Waals surface area contributed by atoms with Crippen LogP contribution in [-0.4, -0.2) is 5.97 Å². The molecule has 0 atom stereocenters. The van der Waals surface area contributed by atoms with E-state index in [-0.39, 0.29) is 5.56 Å². The van der Waals surface area contributed by atoms with Crippen LogP contribution >= 0.6 is 0 Å². The van der Waals surface area contributed by atoms with Crippen molar-refractivity contribution in [3.05, 3.63) is 41.5 Å². The standard InChI is InChI=1S/C10H7F3O2/c11-10(12,13)8-3-1-2-7(6-8)4-5-9(14)15/h1-6H,(H,14,15)/p-1/b5-4+. The van der Waals surface area contributed by atoms with Crippen molar-refractivity contribution in [2.75, 3.05) is 0 Å². The van der Waals surface area contributed by atoms with Crippen LogP contribution in [-0.2, 0) is 11.0 Å². The minimum Gasteiger partial charge on any atom is -0.545 e. The number of carbonyl (C=O) groups is 1. The predicted octanol–water partition coefficient (Wildman–Crippen LogP) is 1.47. The molecule has 0 bridgehead atoms. The minimum atomic E-state index is -4.43. The molecule has 0 fully saturated rings. The van der Waals surface area contributed by atoms with E-state index < -0.39 is 17.7 Å². The molecule has 0 saturated carbocycles. The van der Waals surface area contributed by atoms with E-state index in [1.807, 2.05) is 0 Å². The Bertz CT molecular complexity index is 394. The van der Waals surface area contributed by atoms with Crippen LogP contribution in [0.4, 0.5) is 13.2 Å². The van der Waals surface area contributed by atoms with E-state index in [2.05, 4.69) is 0 Å². The summed E-state index contributed by atoms with van der Waals surface area (Å²) >= 11 is 0. The highest BCUT2D eigenvalue weighted by molar-refractivity contribution is 5.83. The van der Waals surface area contributed by atoms with Crippen molar-refractivity contribution >= 4 is 12.0 Å². The third-order valence-electron chi connectivity index (χ3n) is 1.63. The van der Waals surface area contributed by atoms with E-state index in [4.69, 9.17) is 0 Å². The zero-order chi connectivity index (χ0) is 11.5. The Kier molecular flexibility index (Phi) is 3.14. The normalized spacial score (nSPS) is 11.9. The van der Waals surface area contributed by atoms with Crippen LogP contribution in [0.3, 0.4) is 0 Å². The van der Waals surface area contributed by atoms with Crippen LogP contribution in [0.15, 0.2) is 30.3 Å². The second-order valence-electron chi connectivity index (χ2n) is 2.78. The first-order chi connectivity index (χ1) is 6.89. The summed E-state index contributed by atoms with van der Waals surface area (Å²) in [7, 11) is 0. The van der Waals surface area contributed by atoms with Gasteiger partial charge in [-0.25, -0.2) is 0 Å². The van der Waals surface area contributed by atoms with Gasteiger partial charge in [-0.05, 0) is 23.8 Å². The van der Waals surface area contributed by atoms with E-state index in [0.717, 1.165) is 18.2 Å². The van der Waals surface area contributed by atoms with Gasteiger partial charge in [0.1, 0.15) is 0 Å². The Labute approximate surface area is 83.7 Å². The van der Waals surface area contributed by atoms with E-state index in [1.54, 1.807) is 0 Å². The van der Waals surface area contributed by atoms with Crippen molar-refractivity contribution in [1.29, 1.82) is 0 Å². The van der Waals surface area contributed by atoms with E-state index in [1.165, 1.54) is 12.1 Å². The molecule has 0 aliphatic carbocycles. The molecule has 0 unspecified atom stereocenters. The Morgan fingerprint density at radius 2 is 2.00 bits per heavy atom. The zero-order valence-corrected chi connectivity index (χ0v) is 7.41.